The Morgan fingerprint density at radius 3 is 2.82 bits per heavy atom. The van der Waals surface area contributed by atoms with Crippen LogP contribution in [-0.2, 0) is 18.3 Å². The maximum absolute atomic E-state index is 11.8. The number of carbonyl (C=O) groups excluding carboxylic acids is 1. The van der Waals surface area contributed by atoms with Crippen LogP contribution in [0.1, 0.15) is 5.56 Å². The first-order valence-corrected chi connectivity index (χ1v) is 5.56. The van der Waals surface area contributed by atoms with Crippen molar-refractivity contribution in [1.29, 1.82) is 0 Å². The average Bonchev–Trinajstić information content (AvgIpc) is 2.68. The minimum Gasteiger partial charge on any atom is -0.311 e. The molecule has 0 spiro atoms. The van der Waals surface area contributed by atoms with Gasteiger partial charge in [0.25, 0.3) is 0 Å². The molecule has 2 rings (SSSR count). The number of nitrogens with zero attached hydrogens (tertiary/aromatic N) is 2. The van der Waals surface area contributed by atoms with E-state index in [9.17, 15) is 4.79 Å². The third-order valence-electron chi connectivity index (χ3n) is 2.40. The first-order chi connectivity index (χ1) is 8.16. The molecule has 1 amide bonds. The van der Waals surface area contributed by atoms with E-state index in [2.05, 4.69) is 10.4 Å². The Kier molecular flexibility index (Phi) is 3.44. The lowest BCUT2D eigenvalue weighted by atomic mass is 10.1. The Hall–Kier alpha value is -1.81. The largest absolute Gasteiger partial charge is 0.311 e. The first kappa shape index (κ1) is 11.7. The smallest absolute Gasteiger partial charge is 0.229 e. The van der Waals surface area contributed by atoms with Crippen LogP contribution >= 0.6 is 11.6 Å². The lowest BCUT2D eigenvalue weighted by Crippen LogP contribution is -2.16. The second-order valence-electron chi connectivity index (χ2n) is 3.66. The van der Waals surface area contributed by atoms with Crippen molar-refractivity contribution in [2.75, 3.05) is 5.32 Å². The molecule has 0 fully saturated rings. The summed E-state index contributed by atoms with van der Waals surface area (Å²) < 4.78 is 1.60. The Balaban J connectivity index is 2.03. The maximum Gasteiger partial charge on any atom is 0.229 e. The van der Waals surface area contributed by atoms with E-state index in [0.29, 0.717) is 10.8 Å². The van der Waals surface area contributed by atoms with Crippen LogP contribution in [0, 0.1) is 0 Å². The van der Waals surface area contributed by atoms with Gasteiger partial charge in [-0.1, -0.05) is 29.8 Å². The van der Waals surface area contributed by atoms with E-state index in [0.717, 1.165) is 5.56 Å². The molecule has 0 bridgehead atoms. The van der Waals surface area contributed by atoms with E-state index >= 15 is 0 Å². The van der Waals surface area contributed by atoms with Crippen LogP contribution in [0.2, 0.25) is 5.02 Å². The summed E-state index contributed by atoms with van der Waals surface area (Å²) in [7, 11) is 1.77. The third kappa shape index (κ3) is 2.85. The number of amides is 1. The summed E-state index contributed by atoms with van der Waals surface area (Å²) in [6, 6.07) is 9.05. The van der Waals surface area contributed by atoms with Crippen LogP contribution in [0.4, 0.5) is 5.82 Å². The summed E-state index contributed by atoms with van der Waals surface area (Å²) in [5.41, 5.74) is 0.814. The van der Waals surface area contributed by atoms with E-state index in [4.69, 9.17) is 11.6 Å². The van der Waals surface area contributed by atoms with Gasteiger partial charge in [0.1, 0.15) is 5.82 Å². The van der Waals surface area contributed by atoms with E-state index in [1.165, 1.54) is 0 Å². The Morgan fingerprint density at radius 2 is 2.18 bits per heavy atom. The standard InChI is InChI=1S/C12H12ClN3O/c1-16-11(6-7-14-16)15-12(17)8-9-4-2-3-5-10(9)13/h2-7H,8H2,1H3,(H,15,17). The number of halogens is 1. The SMILES string of the molecule is Cn1nccc1NC(=O)Cc1ccccc1Cl. The summed E-state index contributed by atoms with van der Waals surface area (Å²) >= 11 is 5.98. The highest BCUT2D eigenvalue weighted by Gasteiger charge is 2.08. The fourth-order valence-corrected chi connectivity index (χ4v) is 1.70. The van der Waals surface area contributed by atoms with Crippen LogP contribution in [0.5, 0.6) is 0 Å². The molecular formula is C12H12ClN3O. The molecule has 0 radical (unpaired) electrons. The van der Waals surface area contributed by atoms with E-state index < -0.39 is 0 Å². The molecule has 0 saturated carbocycles. The van der Waals surface area contributed by atoms with Crippen molar-refractivity contribution >= 4 is 23.3 Å². The monoisotopic (exact) mass is 249 g/mol. The van der Waals surface area contributed by atoms with Crippen LogP contribution in [0.3, 0.4) is 0 Å². The fraction of sp³-hybridized carbons (Fsp3) is 0.167. The van der Waals surface area contributed by atoms with Gasteiger partial charge in [0.15, 0.2) is 0 Å². The minimum absolute atomic E-state index is 0.110. The van der Waals surface area contributed by atoms with Crippen LogP contribution in [0.15, 0.2) is 36.5 Å². The van der Waals surface area contributed by atoms with Crippen LogP contribution in [-0.4, -0.2) is 15.7 Å². The van der Waals surface area contributed by atoms with Crippen LogP contribution < -0.4 is 5.32 Å². The molecule has 0 saturated heterocycles. The number of aryl methyl sites for hydroxylation is 1. The molecular weight excluding hydrogens is 238 g/mol. The summed E-state index contributed by atoms with van der Waals surface area (Å²) in [5, 5.41) is 7.34. The van der Waals surface area contributed by atoms with Crippen molar-refractivity contribution in [1.82, 2.24) is 9.78 Å². The molecule has 0 aliphatic rings. The van der Waals surface area contributed by atoms with Gasteiger partial charge < -0.3 is 5.32 Å². The lowest BCUT2D eigenvalue weighted by molar-refractivity contribution is -0.115. The molecule has 88 valence electrons. The van der Waals surface area contributed by atoms with Crippen molar-refractivity contribution in [2.24, 2.45) is 7.05 Å². The van der Waals surface area contributed by atoms with E-state index in [-0.39, 0.29) is 12.3 Å². The molecule has 1 aromatic carbocycles. The van der Waals surface area contributed by atoms with Crippen molar-refractivity contribution in [3.8, 4) is 0 Å². The first-order valence-electron chi connectivity index (χ1n) is 5.18. The van der Waals surface area contributed by atoms with Gasteiger partial charge in [0, 0.05) is 18.1 Å². The summed E-state index contributed by atoms with van der Waals surface area (Å²) in [4.78, 5) is 11.8. The van der Waals surface area contributed by atoms with Gasteiger partial charge in [-0.15, -0.1) is 0 Å². The van der Waals surface area contributed by atoms with Gasteiger partial charge in [-0.2, -0.15) is 5.10 Å². The number of rotatable bonds is 3. The Labute approximate surface area is 104 Å². The summed E-state index contributed by atoms with van der Waals surface area (Å²) in [6.07, 6.45) is 1.88. The van der Waals surface area contributed by atoms with Gasteiger partial charge in [0.05, 0.1) is 12.6 Å². The average molecular weight is 250 g/mol. The third-order valence-corrected chi connectivity index (χ3v) is 2.77. The highest BCUT2D eigenvalue weighted by molar-refractivity contribution is 6.31. The molecule has 4 nitrogen and oxygen atoms in total. The normalized spacial score (nSPS) is 10.2. The van der Waals surface area contributed by atoms with Crippen molar-refractivity contribution in [3.63, 3.8) is 0 Å². The number of hydrogen-bond donors (Lipinski definition) is 1. The van der Waals surface area contributed by atoms with E-state index in [1.54, 1.807) is 30.1 Å². The highest BCUT2D eigenvalue weighted by Crippen LogP contribution is 2.16. The zero-order chi connectivity index (χ0) is 12.3. The van der Waals surface area contributed by atoms with Gasteiger partial charge >= 0.3 is 0 Å². The minimum atomic E-state index is -0.110. The highest BCUT2D eigenvalue weighted by atomic mass is 35.5. The molecule has 2 aromatic rings. The molecule has 17 heavy (non-hydrogen) atoms. The zero-order valence-electron chi connectivity index (χ0n) is 9.35. The molecule has 0 aliphatic heterocycles. The van der Waals surface area contributed by atoms with Crippen molar-refractivity contribution in [2.45, 2.75) is 6.42 Å². The summed E-state index contributed by atoms with van der Waals surface area (Å²) in [6.45, 7) is 0. The van der Waals surface area contributed by atoms with Crippen LogP contribution in [0.25, 0.3) is 0 Å². The zero-order valence-corrected chi connectivity index (χ0v) is 10.1. The molecule has 5 heteroatoms. The summed E-state index contributed by atoms with van der Waals surface area (Å²) in [5.74, 6) is 0.559. The molecule has 0 unspecified atom stereocenters. The number of anilines is 1. The predicted octanol–water partition coefficient (Wildman–Crippen LogP) is 2.25. The Morgan fingerprint density at radius 1 is 1.41 bits per heavy atom. The van der Waals surface area contributed by atoms with Gasteiger partial charge in [-0.05, 0) is 11.6 Å². The topological polar surface area (TPSA) is 46.9 Å². The molecule has 0 aliphatic carbocycles. The predicted molar refractivity (Wildman–Crippen MR) is 67.0 cm³/mol. The molecule has 1 N–H and O–H groups in total. The maximum atomic E-state index is 11.8. The molecule has 1 aromatic heterocycles. The van der Waals surface area contributed by atoms with Gasteiger partial charge in [0.2, 0.25) is 5.91 Å². The number of benzene rings is 1. The number of nitrogens with one attached hydrogen (secondary N) is 1. The molecule has 0 atom stereocenters. The van der Waals surface area contributed by atoms with E-state index in [1.807, 2.05) is 18.2 Å². The fourth-order valence-electron chi connectivity index (χ4n) is 1.50. The second kappa shape index (κ2) is 5.01. The van der Waals surface area contributed by atoms with Crippen molar-refractivity contribution < 1.29 is 4.79 Å². The van der Waals surface area contributed by atoms with Crippen molar-refractivity contribution in [3.05, 3.63) is 47.1 Å². The second-order valence-corrected chi connectivity index (χ2v) is 4.06. The van der Waals surface area contributed by atoms with Gasteiger partial charge in [-0.25, -0.2) is 0 Å². The number of aromatic nitrogens is 2. The number of hydrogen-bond acceptors (Lipinski definition) is 2. The molecule has 1 heterocycles. The quantitative estimate of drug-likeness (QED) is 0.907. The lowest BCUT2D eigenvalue weighted by Gasteiger charge is -2.06. The Bertz CT molecular complexity index is 536. The number of carbonyl (C=O) groups is 1. The van der Waals surface area contributed by atoms with Gasteiger partial charge in [-0.3, -0.25) is 9.48 Å².